The van der Waals surface area contributed by atoms with Crippen molar-refractivity contribution in [2.75, 3.05) is 13.6 Å². The van der Waals surface area contributed by atoms with Crippen LogP contribution in [-0.2, 0) is 6.42 Å². The molecule has 5 heteroatoms. The van der Waals surface area contributed by atoms with Crippen molar-refractivity contribution in [3.8, 4) is 11.4 Å². The van der Waals surface area contributed by atoms with Crippen LogP contribution in [0.2, 0.25) is 10.0 Å². The molecule has 0 spiro atoms. The molecule has 1 heterocycles. The lowest BCUT2D eigenvalue weighted by atomic mass is 10.1. The van der Waals surface area contributed by atoms with E-state index in [0.717, 1.165) is 36.3 Å². The van der Waals surface area contributed by atoms with Gasteiger partial charge in [-0.3, -0.25) is 0 Å². The van der Waals surface area contributed by atoms with E-state index >= 15 is 0 Å². The van der Waals surface area contributed by atoms with Gasteiger partial charge in [0.1, 0.15) is 0 Å². The first-order valence-electron chi connectivity index (χ1n) is 6.96. The van der Waals surface area contributed by atoms with E-state index in [2.05, 4.69) is 15.3 Å². The quantitative estimate of drug-likeness (QED) is 0.837. The van der Waals surface area contributed by atoms with Crippen LogP contribution >= 0.6 is 23.2 Å². The molecule has 0 aliphatic heterocycles. The van der Waals surface area contributed by atoms with Crippen molar-refractivity contribution in [3.05, 3.63) is 45.2 Å². The molecule has 21 heavy (non-hydrogen) atoms. The molecule has 0 amide bonds. The molecule has 3 nitrogen and oxygen atoms in total. The molecule has 0 saturated heterocycles. The normalized spacial score (nSPS) is 10.9. The minimum absolute atomic E-state index is 0.592. The van der Waals surface area contributed by atoms with Crippen LogP contribution in [-0.4, -0.2) is 23.6 Å². The Labute approximate surface area is 135 Å². The van der Waals surface area contributed by atoms with E-state index in [1.807, 2.05) is 33.0 Å². The van der Waals surface area contributed by atoms with Crippen LogP contribution in [0, 0.1) is 13.8 Å². The number of nitrogens with one attached hydrogen (secondary N) is 1. The van der Waals surface area contributed by atoms with Gasteiger partial charge in [-0.15, -0.1) is 0 Å². The largest absolute Gasteiger partial charge is 0.320 e. The fraction of sp³-hybridized carbons (Fsp3) is 0.375. The molecule has 0 unspecified atom stereocenters. The zero-order valence-corrected chi connectivity index (χ0v) is 14.0. The maximum Gasteiger partial charge on any atom is 0.159 e. The number of hydrogen-bond acceptors (Lipinski definition) is 3. The van der Waals surface area contributed by atoms with E-state index in [1.54, 1.807) is 6.07 Å². The Morgan fingerprint density at radius 2 is 1.57 bits per heavy atom. The standard InChI is InChI=1S/C16H19Cl2N3/c1-10-15(5-4-6-19-3)11(2)21-16(20-10)12-7-13(17)9-14(18)8-12/h7-9,19H,4-6H2,1-3H3. The van der Waals surface area contributed by atoms with Crippen LogP contribution in [0.25, 0.3) is 11.4 Å². The van der Waals surface area contributed by atoms with Crippen molar-refractivity contribution < 1.29 is 0 Å². The third kappa shape index (κ3) is 4.16. The van der Waals surface area contributed by atoms with Gasteiger partial charge in [0, 0.05) is 27.0 Å². The van der Waals surface area contributed by atoms with Crippen LogP contribution in [0.5, 0.6) is 0 Å². The summed E-state index contributed by atoms with van der Waals surface area (Å²) in [5, 5.41) is 4.34. The summed E-state index contributed by atoms with van der Waals surface area (Å²) in [6.07, 6.45) is 2.05. The number of aromatic nitrogens is 2. The molecule has 0 atom stereocenters. The third-order valence-electron chi connectivity index (χ3n) is 3.39. The zero-order valence-electron chi connectivity index (χ0n) is 12.5. The average molecular weight is 324 g/mol. The molecule has 1 aromatic heterocycles. The Kier molecular flexibility index (Phi) is 5.57. The summed E-state index contributed by atoms with van der Waals surface area (Å²) in [4.78, 5) is 9.23. The van der Waals surface area contributed by atoms with Gasteiger partial charge in [0.25, 0.3) is 0 Å². The summed E-state index contributed by atoms with van der Waals surface area (Å²) in [7, 11) is 1.96. The summed E-state index contributed by atoms with van der Waals surface area (Å²) in [6.45, 7) is 5.04. The first-order valence-corrected chi connectivity index (χ1v) is 7.72. The van der Waals surface area contributed by atoms with Crippen molar-refractivity contribution >= 4 is 23.2 Å². The van der Waals surface area contributed by atoms with E-state index in [1.165, 1.54) is 5.56 Å². The molecule has 0 saturated carbocycles. The number of rotatable bonds is 5. The number of aryl methyl sites for hydroxylation is 2. The summed E-state index contributed by atoms with van der Waals surface area (Å²) in [5.41, 5.74) is 4.11. The second kappa shape index (κ2) is 7.21. The zero-order chi connectivity index (χ0) is 15.4. The molecule has 0 fully saturated rings. The first kappa shape index (κ1) is 16.2. The second-order valence-electron chi connectivity index (χ2n) is 5.06. The van der Waals surface area contributed by atoms with Gasteiger partial charge in [-0.1, -0.05) is 23.2 Å². The van der Waals surface area contributed by atoms with Gasteiger partial charge in [0.2, 0.25) is 0 Å². The van der Waals surface area contributed by atoms with E-state index in [0.29, 0.717) is 15.9 Å². The van der Waals surface area contributed by atoms with E-state index < -0.39 is 0 Å². The predicted molar refractivity (Wildman–Crippen MR) is 89.2 cm³/mol. The summed E-state index contributed by atoms with van der Waals surface area (Å²) < 4.78 is 0. The summed E-state index contributed by atoms with van der Waals surface area (Å²) in [6, 6.07) is 5.38. The highest BCUT2D eigenvalue weighted by Crippen LogP contribution is 2.26. The lowest BCUT2D eigenvalue weighted by Crippen LogP contribution is -2.10. The number of benzene rings is 1. The molecule has 2 rings (SSSR count). The molecule has 0 bridgehead atoms. The lowest BCUT2D eigenvalue weighted by Gasteiger charge is -2.11. The van der Waals surface area contributed by atoms with E-state index in [-0.39, 0.29) is 0 Å². The maximum absolute atomic E-state index is 6.05. The summed E-state index contributed by atoms with van der Waals surface area (Å²) in [5.74, 6) is 0.673. The Hall–Kier alpha value is -1.16. The van der Waals surface area contributed by atoms with Crippen molar-refractivity contribution in [1.29, 1.82) is 0 Å². The van der Waals surface area contributed by atoms with Gasteiger partial charge in [0.15, 0.2) is 5.82 Å². The molecule has 112 valence electrons. The Morgan fingerprint density at radius 1 is 1.00 bits per heavy atom. The molecule has 0 radical (unpaired) electrons. The highest BCUT2D eigenvalue weighted by molar-refractivity contribution is 6.35. The average Bonchev–Trinajstić information content (AvgIpc) is 2.40. The van der Waals surface area contributed by atoms with Crippen molar-refractivity contribution in [1.82, 2.24) is 15.3 Å². The van der Waals surface area contributed by atoms with Gasteiger partial charge in [-0.25, -0.2) is 9.97 Å². The van der Waals surface area contributed by atoms with Gasteiger partial charge in [0.05, 0.1) is 0 Å². The molecule has 0 aliphatic rings. The molecule has 2 aromatic rings. The molecule has 0 aliphatic carbocycles. The molecule has 1 aromatic carbocycles. The van der Waals surface area contributed by atoms with Crippen LogP contribution in [0.1, 0.15) is 23.4 Å². The van der Waals surface area contributed by atoms with Gasteiger partial charge >= 0.3 is 0 Å². The number of halogens is 2. The van der Waals surface area contributed by atoms with E-state index in [9.17, 15) is 0 Å². The Bertz CT molecular complexity index is 598. The SMILES string of the molecule is CNCCCc1c(C)nc(-c2cc(Cl)cc(Cl)c2)nc1C. The van der Waals surface area contributed by atoms with Crippen LogP contribution in [0.15, 0.2) is 18.2 Å². The Balaban J connectivity index is 2.34. The van der Waals surface area contributed by atoms with Crippen LogP contribution in [0.4, 0.5) is 0 Å². The van der Waals surface area contributed by atoms with Crippen LogP contribution in [0.3, 0.4) is 0 Å². The monoisotopic (exact) mass is 323 g/mol. The lowest BCUT2D eigenvalue weighted by molar-refractivity contribution is 0.715. The highest BCUT2D eigenvalue weighted by Gasteiger charge is 2.11. The molecular weight excluding hydrogens is 305 g/mol. The second-order valence-corrected chi connectivity index (χ2v) is 5.93. The van der Waals surface area contributed by atoms with Crippen LogP contribution < -0.4 is 5.32 Å². The topological polar surface area (TPSA) is 37.8 Å². The van der Waals surface area contributed by atoms with Gasteiger partial charge in [-0.05, 0) is 64.0 Å². The Morgan fingerprint density at radius 3 is 2.10 bits per heavy atom. The van der Waals surface area contributed by atoms with Crippen molar-refractivity contribution in [3.63, 3.8) is 0 Å². The number of nitrogens with zero attached hydrogens (tertiary/aromatic N) is 2. The molecule has 1 N–H and O–H groups in total. The smallest absolute Gasteiger partial charge is 0.159 e. The minimum Gasteiger partial charge on any atom is -0.320 e. The highest BCUT2D eigenvalue weighted by atomic mass is 35.5. The predicted octanol–water partition coefficient (Wildman–Crippen LogP) is 4.22. The van der Waals surface area contributed by atoms with Gasteiger partial charge < -0.3 is 5.32 Å². The van der Waals surface area contributed by atoms with Crippen molar-refractivity contribution in [2.45, 2.75) is 26.7 Å². The maximum atomic E-state index is 6.05. The first-order chi connectivity index (χ1) is 10.0. The third-order valence-corrected chi connectivity index (χ3v) is 3.83. The fourth-order valence-electron chi connectivity index (χ4n) is 2.36. The minimum atomic E-state index is 0.592. The fourth-order valence-corrected chi connectivity index (χ4v) is 2.88. The molecular formula is C16H19Cl2N3. The number of hydrogen-bond donors (Lipinski definition) is 1. The van der Waals surface area contributed by atoms with E-state index in [4.69, 9.17) is 23.2 Å². The van der Waals surface area contributed by atoms with Crippen molar-refractivity contribution in [2.24, 2.45) is 0 Å². The van der Waals surface area contributed by atoms with Gasteiger partial charge in [-0.2, -0.15) is 0 Å². The summed E-state index contributed by atoms with van der Waals surface area (Å²) >= 11 is 12.1.